The van der Waals surface area contributed by atoms with E-state index in [0.29, 0.717) is 34.9 Å². The second-order valence-corrected chi connectivity index (χ2v) is 9.68. The van der Waals surface area contributed by atoms with Crippen molar-refractivity contribution < 1.29 is 9.52 Å². The molecule has 0 aliphatic carbocycles. The van der Waals surface area contributed by atoms with Gasteiger partial charge in [0.2, 0.25) is 5.95 Å². The highest BCUT2D eigenvalue weighted by Gasteiger charge is 2.39. The van der Waals surface area contributed by atoms with Gasteiger partial charge in [0.25, 0.3) is 0 Å². The van der Waals surface area contributed by atoms with Crippen molar-refractivity contribution in [1.29, 1.82) is 0 Å². The van der Waals surface area contributed by atoms with Crippen LogP contribution in [0.3, 0.4) is 0 Å². The normalized spacial score (nSPS) is 18.1. The van der Waals surface area contributed by atoms with Gasteiger partial charge in [0.05, 0.1) is 12.4 Å². The predicted molar refractivity (Wildman–Crippen MR) is 120 cm³/mol. The molecule has 0 radical (unpaired) electrons. The van der Waals surface area contributed by atoms with Crippen molar-refractivity contribution in [3.63, 3.8) is 0 Å². The molecule has 0 spiro atoms. The number of hydrogen-bond donors (Lipinski definition) is 2. The number of piperidine rings is 1. The van der Waals surface area contributed by atoms with Crippen LogP contribution in [0.2, 0.25) is 0 Å². The first-order valence-corrected chi connectivity index (χ1v) is 10.5. The molecule has 8 nitrogen and oxygen atoms in total. The van der Waals surface area contributed by atoms with Gasteiger partial charge in [-0.05, 0) is 52.7 Å². The molecule has 2 aromatic heterocycles. The van der Waals surface area contributed by atoms with E-state index < -0.39 is 0 Å². The molecule has 2 N–H and O–H groups in total. The Bertz CT molecular complexity index is 1060. The van der Waals surface area contributed by atoms with Gasteiger partial charge in [-0.2, -0.15) is 0 Å². The number of anilines is 1. The van der Waals surface area contributed by atoms with Gasteiger partial charge in [-0.15, -0.1) is 10.2 Å². The Hall–Kier alpha value is -3.00. The number of benzene rings is 1. The highest BCUT2D eigenvalue weighted by atomic mass is 16.4. The first-order valence-electron chi connectivity index (χ1n) is 10.5. The summed E-state index contributed by atoms with van der Waals surface area (Å²) in [4.78, 5) is 10.7. The quantitative estimate of drug-likeness (QED) is 0.652. The largest absolute Gasteiger partial charge is 0.507 e. The second kappa shape index (κ2) is 7.60. The van der Waals surface area contributed by atoms with E-state index in [1.165, 1.54) is 0 Å². The summed E-state index contributed by atoms with van der Waals surface area (Å²) in [5, 5.41) is 22.9. The van der Waals surface area contributed by atoms with Crippen LogP contribution in [0.4, 0.5) is 5.95 Å². The van der Waals surface area contributed by atoms with Crippen LogP contribution in [-0.4, -0.2) is 49.4 Å². The zero-order valence-electron chi connectivity index (χ0n) is 19.0. The lowest BCUT2D eigenvalue weighted by molar-refractivity contribution is 0.160. The molecule has 0 atom stereocenters. The Kier molecular flexibility index (Phi) is 5.21. The van der Waals surface area contributed by atoms with E-state index in [1.807, 2.05) is 13.1 Å². The molecular weight excluding hydrogens is 392 g/mol. The molecule has 4 rings (SSSR count). The first kappa shape index (κ1) is 21.2. The Morgan fingerprint density at radius 3 is 2.32 bits per heavy atom. The number of nitrogens with one attached hydrogen (secondary N) is 1. The molecule has 0 amide bonds. The van der Waals surface area contributed by atoms with Crippen molar-refractivity contribution in [2.45, 2.75) is 64.6 Å². The molecule has 1 fully saturated rings. The molecule has 8 heteroatoms. The molecular formula is C23H30N6O2. The lowest BCUT2D eigenvalue weighted by atomic mass is 9.79. The SMILES string of the molecule is Cc1ncc(-c2ccc(-c3cnc(N(C)C4CC(C)(C)NC(C)(C)C4)nn3)c(O)c2)o1. The summed E-state index contributed by atoms with van der Waals surface area (Å²) in [5.41, 5.74) is 1.89. The molecule has 31 heavy (non-hydrogen) atoms. The maximum absolute atomic E-state index is 10.5. The van der Waals surface area contributed by atoms with E-state index in [0.717, 1.165) is 18.4 Å². The van der Waals surface area contributed by atoms with Crippen LogP contribution < -0.4 is 10.2 Å². The van der Waals surface area contributed by atoms with Gasteiger partial charge in [-0.3, -0.25) is 0 Å². The average Bonchev–Trinajstić information content (AvgIpc) is 3.11. The molecule has 3 heterocycles. The van der Waals surface area contributed by atoms with Crippen molar-refractivity contribution >= 4 is 5.95 Å². The second-order valence-electron chi connectivity index (χ2n) is 9.68. The van der Waals surface area contributed by atoms with Crippen molar-refractivity contribution in [3.8, 4) is 28.3 Å². The molecule has 1 aliphatic heterocycles. The fourth-order valence-electron chi connectivity index (χ4n) is 4.66. The molecule has 3 aromatic rings. The summed E-state index contributed by atoms with van der Waals surface area (Å²) in [7, 11) is 2.02. The average molecular weight is 423 g/mol. The number of aromatic nitrogens is 4. The maximum atomic E-state index is 10.5. The third kappa shape index (κ3) is 4.54. The van der Waals surface area contributed by atoms with E-state index in [-0.39, 0.29) is 16.8 Å². The van der Waals surface area contributed by atoms with Crippen LogP contribution >= 0.6 is 0 Å². The van der Waals surface area contributed by atoms with Crippen molar-refractivity contribution in [2.24, 2.45) is 0 Å². The summed E-state index contributed by atoms with van der Waals surface area (Å²) < 4.78 is 5.53. The number of aryl methyl sites for hydroxylation is 1. The fourth-order valence-corrected chi connectivity index (χ4v) is 4.66. The van der Waals surface area contributed by atoms with E-state index in [4.69, 9.17) is 4.42 Å². The number of aromatic hydroxyl groups is 1. The van der Waals surface area contributed by atoms with E-state index >= 15 is 0 Å². The van der Waals surface area contributed by atoms with Gasteiger partial charge in [0.15, 0.2) is 11.7 Å². The van der Waals surface area contributed by atoms with Crippen LogP contribution in [0.1, 0.15) is 46.4 Å². The van der Waals surface area contributed by atoms with Crippen molar-refractivity contribution in [1.82, 2.24) is 25.5 Å². The predicted octanol–water partition coefficient (Wildman–Crippen LogP) is 3.95. The van der Waals surface area contributed by atoms with Gasteiger partial charge in [0, 0.05) is 42.2 Å². The number of phenols is 1. The molecule has 0 unspecified atom stereocenters. The van der Waals surface area contributed by atoms with E-state index in [2.05, 4.69) is 58.1 Å². The zero-order chi connectivity index (χ0) is 22.4. The molecule has 0 saturated carbocycles. The smallest absolute Gasteiger partial charge is 0.245 e. The summed E-state index contributed by atoms with van der Waals surface area (Å²) >= 11 is 0. The minimum atomic E-state index is 0.0314. The standard InChI is InChI=1S/C23H30N6O2/c1-14-24-13-20(31-14)15-7-8-17(19(30)9-15)18-12-25-21(27-26-18)29(6)16-10-22(2,3)28-23(4,5)11-16/h7-9,12-13,16,28,30H,10-11H2,1-6H3. The number of oxazole rings is 1. The van der Waals surface area contributed by atoms with Gasteiger partial charge >= 0.3 is 0 Å². The van der Waals surface area contributed by atoms with Gasteiger partial charge in [0.1, 0.15) is 11.4 Å². The highest BCUT2D eigenvalue weighted by molar-refractivity contribution is 5.71. The van der Waals surface area contributed by atoms with E-state index in [1.54, 1.807) is 31.5 Å². The topological polar surface area (TPSA) is 100 Å². The maximum Gasteiger partial charge on any atom is 0.245 e. The monoisotopic (exact) mass is 422 g/mol. The van der Waals surface area contributed by atoms with Crippen molar-refractivity contribution in [2.75, 3.05) is 11.9 Å². The van der Waals surface area contributed by atoms with Gasteiger partial charge in [-0.1, -0.05) is 6.07 Å². The minimum Gasteiger partial charge on any atom is -0.507 e. The summed E-state index contributed by atoms with van der Waals surface area (Å²) in [5.74, 6) is 1.85. The molecule has 1 saturated heterocycles. The molecule has 1 aromatic carbocycles. The lowest BCUT2D eigenvalue weighted by Crippen LogP contribution is -2.62. The third-order valence-corrected chi connectivity index (χ3v) is 5.76. The summed E-state index contributed by atoms with van der Waals surface area (Å²) in [6.45, 7) is 10.7. The number of rotatable bonds is 4. The van der Waals surface area contributed by atoms with Gasteiger partial charge < -0.3 is 19.7 Å². The summed E-state index contributed by atoms with van der Waals surface area (Å²) in [6, 6.07) is 5.58. The molecule has 1 aliphatic rings. The highest BCUT2D eigenvalue weighted by Crippen LogP contribution is 2.34. The number of nitrogens with zero attached hydrogens (tertiary/aromatic N) is 5. The Labute approximate surface area is 182 Å². The number of hydrogen-bond acceptors (Lipinski definition) is 8. The van der Waals surface area contributed by atoms with Crippen LogP contribution in [0.25, 0.3) is 22.6 Å². The Balaban J connectivity index is 1.54. The molecule has 164 valence electrons. The Morgan fingerprint density at radius 1 is 1.06 bits per heavy atom. The summed E-state index contributed by atoms with van der Waals surface area (Å²) in [6.07, 6.45) is 5.27. The number of phenolic OH excluding ortho intramolecular Hbond substituents is 1. The zero-order valence-corrected chi connectivity index (χ0v) is 19.0. The lowest BCUT2D eigenvalue weighted by Gasteiger charge is -2.48. The first-order chi connectivity index (χ1) is 14.5. The molecule has 0 bridgehead atoms. The minimum absolute atomic E-state index is 0.0314. The van der Waals surface area contributed by atoms with Crippen molar-refractivity contribution in [3.05, 3.63) is 36.5 Å². The van der Waals surface area contributed by atoms with Crippen LogP contribution in [0.15, 0.2) is 35.0 Å². The fraction of sp³-hybridized carbons (Fsp3) is 0.478. The van der Waals surface area contributed by atoms with E-state index in [9.17, 15) is 5.11 Å². The third-order valence-electron chi connectivity index (χ3n) is 5.76. The van der Waals surface area contributed by atoms with Gasteiger partial charge in [-0.25, -0.2) is 9.97 Å². The van der Waals surface area contributed by atoms with Crippen LogP contribution in [0, 0.1) is 6.92 Å². The van der Waals surface area contributed by atoms with Crippen LogP contribution in [-0.2, 0) is 0 Å². The van der Waals surface area contributed by atoms with Crippen LogP contribution in [0.5, 0.6) is 5.75 Å². The Morgan fingerprint density at radius 2 is 1.77 bits per heavy atom.